The molecule has 0 saturated heterocycles. The Morgan fingerprint density at radius 2 is 2.28 bits per heavy atom. The van der Waals surface area contributed by atoms with Crippen molar-refractivity contribution >= 4 is 29.1 Å². The number of hydrogen-bond donors (Lipinski definition) is 2. The molecule has 0 saturated carbocycles. The summed E-state index contributed by atoms with van der Waals surface area (Å²) >= 11 is 1.81. The molecule has 4 nitrogen and oxygen atoms in total. The SMILES string of the molecule is COC(=O)c1cc(N)ccc1NCC(C)CSC. The van der Waals surface area contributed by atoms with Gasteiger partial charge in [0.15, 0.2) is 0 Å². The summed E-state index contributed by atoms with van der Waals surface area (Å²) in [5.74, 6) is 1.24. The van der Waals surface area contributed by atoms with Crippen molar-refractivity contribution in [2.75, 3.05) is 36.7 Å². The van der Waals surface area contributed by atoms with Crippen LogP contribution < -0.4 is 11.1 Å². The summed E-state index contributed by atoms with van der Waals surface area (Å²) in [6, 6.07) is 5.22. The molecule has 0 fully saturated rings. The van der Waals surface area contributed by atoms with Crippen molar-refractivity contribution < 1.29 is 9.53 Å². The third-order valence-electron chi connectivity index (χ3n) is 2.54. The number of nitrogen functional groups attached to an aromatic ring is 1. The van der Waals surface area contributed by atoms with Gasteiger partial charge in [0, 0.05) is 17.9 Å². The monoisotopic (exact) mass is 268 g/mol. The van der Waals surface area contributed by atoms with Crippen LogP contribution in [0.5, 0.6) is 0 Å². The molecule has 0 aliphatic carbocycles. The quantitative estimate of drug-likeness (QED) is 0.613. The smallest absolute Gasteiger partial charge is 0.340 e. The van der Waals surface area contributed by atoms with Crippen LogP contribution in [0, 0.1) is 5.92 Å². The number of thioether (sulfide) groups is 1. The van der Waals surface area contributed by atoms with Gasteiger partial charge in [0.05, 0.1) is 12.7 Å². The predicted octanol–water partition coefficient (Wildman–Crippen LogP) is 2.47. The Bertz CT molecular complexity index is 410. The van der Waals surface area contributed by atoms with Crippen LogP contribution in [-0.2, 0) is 4.74 Å². The lowest BCUT2D eigenvalue weighted by atomic mass is 10.1. The molecule has 1 aromatic carbocycles. The molecule has 1 aromatic rings. The molecular formula is C13H20N2O2S. The number of nitrogens with two attached hydrogens (primary N) is 1. The lowest BCUT2D eigenvalue weighted by Gasteiger charge is -2.15. The van der Waals surface area contributed by atoms with E-state index in [1.807, 2.05) is 17.8 Å². The highest BCUT2D eigenvalue weighted by Gasteiger charge is 2.12. The number of anilines is 2. The summed E-state index contributed by atoms with van der Waals surface area (Å²) in [6.07, 6.45) is 2.08. The van der Waals surface area contributed by atoms with Crippen LogP contribution in [0.4, 0.5) is 11.4 Å². The minimum Gasteiger partial charge on any atom is -0.465 e. The summed E-state index contributed by atoms with van der Waals surface area (Å²) in [6.45, 7) is 2.98. The third-order valence-corrected chi connectivity index (χ3v) is 3.44. The Hall–Kier alpha value is -1.36. The van der Waals surface area contributed by atoms with Crippen molar-refractivity contribution in [3.63, 3.8) is 0 Å². The van der Waals surface area contributed by atoms with E-state index in [1.165, 1.54) is 7.11 Å². The molecule has 1 unspecified atom stereocenters. The summed E-state index contributed by atoms with van der Waals surface area (Å²) in [4.78, 5) is 11.6. The van der Waals surface area contributed by atoms with Crippen LogP contribution in [0.15, 0.2) is 18.2 Å². The van der Waals surface area contributed by atoms with Crippen molar-refractivity contribution in [3.8, 4) is 0 Å². The second kappa shape index (κ2) is 7.16. The summed E-state index contributed by atoms with van der Waals surface area (Å²) in [5, 5.41) is 3.27. The molecule has 0 heterocycles. The van der Waals surface area contributed by atoms with E-state index in [0.717, 1.165) is 18.0 Å². The molecule has 3 N–H and O–H groups in total. The van der Waals surface area contributed by atoms with E-state index in [1.54, 1.807) is 12.1 Å². The molecule has 100 valence electrons. The maximum absolute atomic E-state index is 11.6. The minimum absolute atomic E-state index is 0.373. The fourth-order valence-corrected chi connectivity index (χ4v) is 2.31. The molecule has 0 aliphatic heterocycles. The average Bonchev–Trinajstić information content (AvgIpc) is 2.36. The topological polar surface area (TPSA) is 64.3 Å². The van der Waals surface area contributed by atoms with Crippen molar-refractivity contribution in [1.29, 1.82) is 0 Å². The van der Waals surface area contributed by atoms with Gasteiger partial charge in [-0.05, 0) is 36.1 Å². The van der Waals surface area contributed by atoms with Crippen molar-refractivity contribution in [3.05, 3.63) is 23.8 Å². The zero-order valence-corrected chi connectivity index (χ0v) is 11.8. The van der Waals surface area contributed by atoms with Crippen LogP contribution in [0.1, 0.15) is 17.3 Å². The second-order valence-electron chi connectivity index (χ2n) is 4.24. The fourth-order valence-electron chi connectivity index (χ4n) is 1.62. The van der Waals surface area contributed by atoms with E-state index in [2.05, 4.69) is 18.5 Å². The van der Waals surface area contributed by atoms with Gasteiger partial charge in [0.1, 0.15) is 0 Å². The Balaban J connectivity index is 2.78. The summed E-state index contributed by atoms with van der Waals surface area (Å²) in [7, 11) is 1.37. The van der Waals surface area contributed by atoms with Gasteiger partial charge >= 0.3 is 5.97 Å². The molecule has 0 aromatic heterocycles. The van der Waals surface area contributed by atoms with E-state index in [9.17, 15) is 4.79 Å². The Morgan fingerprint density at radius 3 is 2.89 bits per heavy atom. The number of rotatable bonds is 6. The first-order chi connectivity index (χ1) is 8.58. The second-order valence-corrected chi connectivity index (χ2v) is 5.15. The van der Waals surface area contributed by atoms with Gasteiger partial charge in [-0.15, -0.1) is 0 Å². The number of ether oxygens (including phenoxy) is 1. The van der Waals surface area contributed by atoms with E-state index < -0.39 is 0 Å². The average molecular weight is 268 g/mol. The van der Waals surface area contributed by atoms with Gasteiger partial charge in [-0.3, -0.25) is 0 Å². The third kappa shape index (κ3) is 4.14. The lowest BCUT2D eigenvalue weighted by molar-refractivity contribution is 0.0602. The molecule has 0 aliphatic rings. The number of carbonyl (C=O) groups excluding carboxylic acids is 1. The van der Waals surface area contributed by atoms with Crippen LogP contribution in [0.2, 0.25) is 0 Å². The van der Waals surface area contributed by atoms with Crippen LogP contribution in [-0.4, -0.2) is 31.6 Å². The zero-order valence-electron chi connectivity index (χ0n) is 11.0. The largest absolute Gasteiger partial charge is 0.465 e. The molecule has 5 heteroatoms. The number of benzene rings is 1. The fraction of sp³-hybridized carbons (Fsp3) is 0.462. The standard InChI is InChI=1S/C13H20N2O2S/c1-9(8-18-3)7-15-12-5-4-10(14)6-11(12)13(16)17-2/h4-6,9,15H,7-8,14H2,1-3H3. The first-order valence-corrected chi connectivity index (χ1v) is 7.18. The van der Waals surface area contributed by atoms with E-state index in [0.29, 0.717) is 17.2 Å². The summed E-state index contributed by atoms with van der Waals surface area (Å²) < 4.78 is 4.75. The molecule has 0 radical (unpaired) electrons. The maximum atomic E-state index is 11.6. The molecular weight excluding hydrogens is 248 g/mol. The van der Waals surface area contributed by atoms with Crippen molar-refractivity contribution in [2.24, 2.45) is 5.92 Å². The van der Waals surface area contributed by atoms with Gasteiger partial charge in [0.2, 0.25) is 0 Å². The van der Waals surface area contributed by atoms with Gasteiger partial charge in [-0.25, -0.2) is 4.79 Å². The van der Waals surface area contributed by atoms with Crippen molar-refractivity contribution in [1.82, 2.24) is 0 Å². The number of carbonyl (C=O) groups is 1. The lowest BCUT2D eigenvalue weighted by Crippen LogP contribution is -2.16. The van der Waals surface area contributed by atoms with E-state index in [4.69, 9.17) is 10.5 Å². The number of nitrogens with one attached hydrogen (secondary N) is 1. The molecule has 18 heavy (non-hydrogen) atoms. The maximum Gasteiger partial charge on any atom is 0.340 e. The van der Waals surface area contributed by atoms with E-state index in [-0.39, 0.29) is 5.97 Å². The summed E-state index contributed by atoms with van der Waals surface area (Å²) in [5.41, 5.74) is 7.49. The first-order valence-electron chi connectivity index (χ1n) is 5.79. The highest BCUT2D eigenvalue weighted by Crippen LogP contribution is 2.20. The van der Waals surface area contributed by atoms with Gasteiger partial charge in [0.25, 0.3) is 0 Å². The molecule has 0 spiro atoms. The number of hydrogen-bond acceptors (Lipinski definition) is 5. The molecule has 1 atom stereocenters. The Labute approximate surface area is 112 Å². The highest BCUT2D eigenvalue weighted by atomic mass is 32.2. The first kappa shape index (κ1) is 14.7. The van der Waals surface area contributed by atoms with Crippen LogP contribution >= 0.6 is 11.8 Å². The number of esters is 1. The van der Waals surface area contributed by atoms with Crippen LogP contribution in [0.3, 0.4) is 0 Å². The molecule has 0 amide bonds. The normalized spacial score (nSPS) is 11.9. The van der Waals surface area contributed by atoms with Crippen LogP contribution in [0.25, 0.3) is 0 Å². The van der Waals surface area contributed by atoms with Crippen molar-refractivity contribution in [2.45, 2.75) is 6.92 Å². The number of methoxy groups -OCH3 is 1. The molecule has 0 bridgehead atoms. The highest BCUT2D eigenvalue weighted by molar-refractivity contribution is 7.98. The minimum atomic E-state index is -0.373. The van der Waals surface area contributed by atoms with Gasteiger partial charge in [-0.2, -0.15) is 11.8 Å². The molecule has 1 rings (SSSR count). The zero-order chi connectivity index (χ0) is 13.5. The van der Waals surface area contributed by atoms with E-state index >= 15 is 0 Å². The van der Waals surface area contributed by atoms with Gasteiger partial charge < -0.3 is 15.8 Å². The Morgan fingerprint density at radius 1 is 1.56 bits per heavy atom. The van der Waals surface area contributed by atoms with Gasteiger partial charge in [-0.1, -0.05) is 6.92 Å². The Kier molecular flexibility index (Phi) is 5.85. The predicted molar refractivity (Wildman–Crippen MR) is 78.2 cm³/mol.